The number of nitrogens with two attached hydrogens (primary N) is 1. The van der Waals surface area contributed by atoms with Gasteiger partial charge >= 0.3 is 0 Å². The van der Waals surface area contributed by atoms with E-state index in [1.807, 2.05) is 18.2 Å². The van der Waals surface area contributed by atoms with E-state index in [4.69, 9.17) is 17.3 Å². The first-order valence-corrected chi connectivity index (χ1v) is 7.76. The molecule has 1 amide bonds. The summed E-state index contributed by atoms with van der Waals surface area (Å²) in [6.45, 7) is 2.11. The lowest BCUT2D eigenvalue weighted by molar-refractivity contribution is -0.122. The summed E-state index contributed by atoms with van der Waals surface area (Å²) >= 11 is 6.04. The van der Waals surface area contributed by atoms with Gasteiger partial charge in [0, 0.05) is 17.1 Å². The molecular weight excluding hydrogens is 272 g/mol. The molecule has 1 fully saturated rings. The van der Waals surface area contributed by atoms with E-state index >= 15 is 0 Å². The van der Waals surface area contributed by atoms with E-state index in [0.717, 1.165) is 36.3 Å². The Morgan fingerprint density at radius 3 is 2.80 bits per heavy atom. The second-order valence-electron chi connectivity index (χ2n) is 5.70. The number of benzene rings is 1. The normalized spacial score (nSPS) is 24.9. The van der Waals surface area contributed by atoms with Crippen LogP contribution in [0.2, 0.25) is 5.02 Å². The summed E-state index contributed by atoms with van der Waals surface area (Å²) in [5.41, 5.74) is 6.71. The van der Waals surface area contributed by atoms with E-state index < -0.39 is 0 Å². The van der Waals surface area contributed by atoms with Crippen LogP contribution in [-0.4, -0.2) is 11.9 Å². The van der Waals surface area contributed by atoms with Crippen LogP contribution < -0.4 is 11.1 Å². The van der Waals surface area contributed by atoms with Crippen LogP contribution in [0.3, 0.4) is 0 Å². The van der Waals surface area contributed by atoms with Crippen molar-refractivity contribution in [1.29, 1.82) is 0 Å². The summed E-state index contributed by atoms with van der Waals surface area (Å²) < 4.78 is 0. The fraction of sp³-hybridized carbons (Fsp3) is 0.562. The molecule has 0 spiro atoms. The SMILES string of the molecule is C[C@H](N[C@@H]1CCCCC[C@H]1C(N)=O)c1cccc(Cl)c1. The highest BCUT2D eigenvalue weighted by Gasteiger charge is 2.29. The Morgan fingerprint density at radius 1 is 1.35 bits per heavy atom. The van der Waals surface area contributed by atoms with Crippen molar-refractivity contribution in [3.63, 3.8) is 0 Å². The van der Waals surface area contributed by atoms with Gasteiger partial charge in [0.2, 0.25) is 5.91 Å². The molecule has 0 radical (unpaired) electrons. The van der Waals surface area contributed by atoms with E-state index in [-0.39, 0.29) is 23.9 Å². The third-order valence-electron chi connectivity index (χ3n) is 4.19. The Hall–Kier alpha value is -1.06. The molecule has 0 aliphatic heterocycles. The standard InChI is InChI=1S/C16H23ClN2O/c1-11(12-6-5-7-13(17)10-12)19-15-9-4-2-3-8-14(15)16(18)20/h5-7,10-11,14-15,19H,2-4,8-9H2,1H3,(H2,18,20)/t11-,14+,15+/m0/s1. The fourth-order valence-corrected chi connectivity index (χ4v) is 3.24. The highest BCUT2D eigenvalue weighted by Crippen LogP contribution is 2.26. The Kier molecular flexibility index (Phi) is 5.44. The summed E-state index contributed by atoms with van der Waals surface area (Å²) in [4.78, 5) is 11.7. The van der Waals surface area contributed by atoms with Gasteiger partial charge in [-0.2, -0.15) is 0 Å². The van der Waals surface area contributed by atoms with Crippen molar-refractivity contribution in [1.82, 2.24) is 5.32 Å². The number of hydrogen-bond donors (Lipinski definition) is 2. The number of carbonyl (C=O) groups is 1. The van der Waals surface area contributed by atoms with Crippen molar-refractivity contribution in [3.05, 3.63) is 34.9 Å². The van der Waals surface area contributed by atoms with Gasteiger partial charge in [-0.05, 0) is 37.5 Å². The molecule has 4 heteroatoms. The number of halogens is 1. The molecule has 1 aliphatic carbocycles. The van der Waals surface area contributed by atoms with E-state index in [1.54, 1.807) is 0 Å². The predicted molar refractivity (Wildman–Crippen MR) is 82.6 cm³/mol. The van der Waals surface area contributed by atoms with Crippen LogP contribution in [-0.2, 0) is 4.79 Å². The van der Waals surface area contributed by atoms with Crippen molar-refractivity contribution in [2.24, 2.45) is 11.7 Å². The maximum Gasteiger partial charge on any atom is 0.222 e. The zero-order valence-corrected chi connectivity index (χ0v) is 12.7. The molecule has 110 valence electrons. The number of rotatable bonds is 4. The van der Waals surface area contributed by atoms with Gasteiger partial charge in [-0.1, -0.05) is 43.0 Å². The molecule has 0 aromatic heterocycles. The van der Waals surface area contributed by atoms with Crippen LogP contribution in [0.4, 0.5) is 0 Å². The quantitative estimate of drug-likeness (QED) is 0.836. The molecule has 1 aromatic rings. The third kappa shape index (κ3) is 3.97. The van der Waals surface area contributed by atoms with Crippen LogP contribution in [0, 0.1) is 5.92 Å². The summed E-state index contributed by atoms with van der Waals surface area (Å²) in [6.07, 6.45) is 5.35. The van der Waals surface area contributed by atoms with Crippen LogP contribution >= 0.6 is 11.6 Å². The van der Waals surface area contributed by atoms with Gasteiger partial charge in [-0.25, -0.2) is 0 Å². The lowest BCUT2D eigenvalue weighted by Crippen LogP contribution is -2.43. The van der Waals surface area contributed by atoms with Crippen LogP contribution in [0.25, 0.3) is 0 Å². The van der Waals surface area contributed by atoms with E-state index in [1.165, 1.54) is 6.42 Å². The first kappa shape index (κ1) is 15.3. The minimum Gasteiger partial charge on any atom is -0.369 e. The van der Waals surface area contributed by atoms with Crippen LogP contribution in [0.1, 0.15) is 50.6 Å². The van der Waals surface area contributed by atoms with Crippen molar-refractivity contribution >= 4 is 17.5 Å². The molecule has 3 atom stereocenters. The van der Waals surface area contributed by atoms with Crippen molar-refractivity contribution < 1.29 is 4.79 Å². The van der Waals surface area contributed by atoms with Gasteiger partial charge in [0.1, 0.15) is 0 Å². The van der Waals surface area contributed by atoms with Crippen molar-refractivity contribution in [3.8, 4) is 0 Å². The van der Waals surface area contributed by atoms with Crippen molar-refractivity contribution in [2.75, 3.05) is 0 Å². The molecule has 0 saturated heterocycles. The van der Waals surface area contributed by atoms with Gasteiger partial charge in [-0.3, -0.25) is 4.79 Å². The summed E-state index contributed by atoms with van der Waals surface area (Å²) in [6, 6.07) is 8.18. The molecule has 1 aromatic carbocycles. The van der Waals surface area contributed by atoms with E-state index in [2.05, 4.69) is 18.3 Å². The van der Waals surface area contributed by atoms with Gasteiger partial charge in [0.15, 0.2) is 0 Å². The molecule has 0 heterocycles. The number of amides is 1. The highest BCUT2D eigenvalue weighted by molar-refractivity contribution is 6.30. The molecule has 1 saturated carbocycles. The summed E-state index contributed by atoms with van der Waals surface area (Å²) in [7, 11) is 0. The topological polar surface area (TPSA) is 55.1 Å². The summed E-state index contributed by atoms with van der Waals surface area (Å²) in [5.74, 6) is -0.234. The number of carbonyl (C=O) groups excluding carboxylic acids is 1. The minimum absolute atomic E-state index is 0.0564. The molecule has 3 N–H and O–H groups in total. The van der Waals surface area contributed by atoms with E-state index in [9.17, 15) is 4.79 Å². The molecular formula is C16H23ClN2O. The molecule has 20 heavy (non-hydrogen) atoms. The predicted octanol–water partition coefficient (Wildman–Crippen LogP) is 3.42. The van der Waals surface area contributed by atoms with E-state index in [0.29, 0.717) is 0 Å². The Balaban J connectivity index is 2.07. The largest absolute Gasteiger partial charge is 0.369 e. The third-order valence-corrected chi connectivity index (χ3v) is 4.43. The monoisotopic (exact) mass is 294 g/mol. The molecule has 0 unspecified atom stereocenters. The maximum absolute atomic E-state index is 11.7. The fourth-order valence-electron chi connectivity index (χ4n) is 3.04. The Bertz CT molecular complexity index is 464. The smallest absolute Gasteiger partial charge is 0.222 e. The number of nitrogens with one attached hydrogen (secondary N) is 1. The van der Waals surface area contributed by atoms with Gasteiger partial charge < -0.3 is 11.1 Å². The first-order valence-electron chi connectivity index (χ1n) is 7.39. The minimum atomic E-state index is -0.178. The Labute approximate surface area is 125 Å². The zero-order chi connectivity index (χ0) is 14.5. The molecule has 2 rings (SSSR count). The van der Waals surface area contributed by atoms with Gasteiger partial charge in [-0.15, -0.1) is 0 Å². The molecule has 3 nitrogen and oxygen atoms in total. The average Bonchev–Trinajstić information content (AvgIpc) is 2.64. The zero-order valence-electron chi connectivity index (χ0n) is 11.9. The van der Waals surface area contributed by atoms with Crippen LogP contribution in [0.15, 0.2) is 24.3 Å². The second kappa shape index (κ2) is 7.09. The van der Waals surface area contributed by atoms with Gasteiger partial charge in [0.25, 0.3) is 0 Å². The lowest BCUT2D eigenvalue weighted by atomic mass is 9.92. The second-order valence-corrected chi connectivity index (χ2v) is 6.13. The van der Waals surface area contributed by atoms with Crippen molar-refractivity contribution in [2.45, 2.75) is 51.1 Å². The van der Waals surface area contributed by atoms with Gasteiger partial charge in [0.05, 0.1) is 5.92 Å². The first-order chi connectivity index (χ1) is 9.58. The lowest BCUT2D eigenvalue weighted by Gasteiger charge is -2.27. The number of primary amides is 1. The van der Waals surface area contributed by atoms with Crippen LogP contribution in [0.5, 0.6) is 0 Å². The molecule has 1 aliphatic rings. The maximum atomic E-state index is 11.7. The highest BCUT2D eigenvalue weighted by atomic mass is 35.5. The molecule has 0 bridgehead atoms. The number of hydrogen-bond acceptors (Lipinski definition) is 2. The average molecular weight is 295 g/mol. The Morgan fingerprint density at radius 2 is 2.10 bits per heavy atom. The summed E-state index contributed by atoms with van der Waals surface area (Å²) in [5, 5.41) is 4.31.